The number of hydrogen-bond donors (Lipinski definition) is 0. The normalized spacial score (nSPS) is 18.3. The van der Waals surface area contributed by atoms with Crippen molar-refractivity contribution in [2.45, 2.75) is 31.0 Å². The minimum absolute atomic E-state index is 0.312. The molecule has 0 spiro atoms. The zero-order valence-corrected chi connectivity index (χ0v) is 23.3. The number of carbonyl (C=O) groups is 2. The fraction of sp³-hybridized carbons (Fsp3) is 0.310. The third-order valence-electron chi connectivity index (χ3n) is 7.44. The van der Waals surface area contributed by atoms with Crippen LogP contribution in [-0.2, 0) is 21.0 Å². The van der Waals surface area contributed by atoms with E-state index in [0.717, 1.165) is 39.9 Å². The Morgan fingerprint density at radius 2 is 1.56 bits per heavy atom. The summed E-state index contributed by atoms with van der Waals surface area (Å²) >= 11 is 0. The number of hydrogen-bond acceptors (Lipinski definition) is 5. The lowest BCUT2D eigenvalue weighted by molar-refractivity contribution is -0.137. The van der Waals surface area contributed by atoms with Crippen molar-refractivity contribution in [1.82, 2.24) is 9.21 Å². The van der Waals surface area contributed by atoms with Gasteiger partial charge in [-0.15, -0.1) is 0 Å². The number of benzene rings is 3. The second-order valence-electron chi connectivity index (χ2n) is 10.2. The predicted molar refractivity (Wildman–Crippen MR) is 148 cm³/mol. The highest BCUT2D eigenvalue weighted by molar-refractivity contribution is 7.89. The highest BCUT2D eigenvalue weighted by atomic mass is 32.2. The number of para-hydroxylation sites is 1. The molecule has 2 heterocycles. The molecule has 3 aromatic carbocycles. The summed E-state index contributed by atoms with van der Waals surface area (Å²) in [6, 6.07) is 15.4. The van der Waals surface area contributed by atoms with Crippen molar-refractivity contribution in [1.29, 1.82) is 0 Å². The first kappa shape index (κ1) is 28.5. The van der Waals surface area contributed by atoms with E-state index in [4.69, 9.17) is 0 Å². The van der Waals surface area contributed by atoms with E-state index in [1.54, 1.807) is 35.2 Å². The molecule has 2 aliphatic rings. The third-order valence-corrected chi connectivity index (χ3v) is 9.17. The number of anilines is 2. The van der Waals surface area contributed by atoms with E-state index in [0.29, 0.717) is 42.2 Å². The Bertz CT molecular complexity index is 1570. The van der Waals surface area contributed by atoms with Crippen LogP contribution in [0.5, 0.6) is 0 Å². The van der Waals surface area contributed by atoms with Crippen LogP contribution < -0.4 is 9.80 Å². The Balaban J connectivity index is 1.42. The molecule has 12 heteroatoms. The van der Waals surface area contributed by atoms with E-state index in [9.17, 15) is 31.2 Å². The van der Waals surface area contributed by atoms with Crippen molar-refractivity contribution >= 4 is 33.3 Å². The van der Waals surface area contributed by atoms with Gasteiger partial charge in [-0.3, -0.25) is 9.69 Å². The quantitative estimate of drug-likeness (QED) is 0.434. The number of amides is 3. The van der Waals surface area contributed by atoms with Crippen molar-refractivity contribution in [2.75, 3.05) is 42.5 Å². The van der Waals surface area contributed by atoms with Gasteiger partial charge in [0.25, 0.3) is 10.0 Å². The van der Waals surface area contributed by atoms with E-state index >= 15 is 0 Å². The molecule has 0 radical (unpaired) electrons. The van der Waals surface area contributed by atoms with Crippen LogP contribution >= 0.6 is 0 Å². The molecule has 2 saturated heterocycles. The van der Waals surface area contributed by atoms with Crippen LogP contribution in [0.4, 0.5) is 29.3 Å². The summed E-state index contributed by atoms with van der Waals surface area (Å²) in [5, 5.41) is 0. The van der Waals surface area contributed by atoms with Gasteiger partial charge in [-0.05, 0) is 61.4 Å². The minimum atomic E-state index is -4.77. The lowest BCUT2D eigenvalue weighted by Crippen LogP contribution is -2.55. The van der Waals surface area contributed by atoms with Crippen molar-refractivity contribution in [3.05, 3.63) is 89.5 Å². The van der Waals surface area contributed by atoms with Gasteiger partial charge in [-0.1, -0.05) is 36.4 Å². The summed E-state index contributed by atoms with van der Waals surface area (Å²) in [5.41, 5.74) is 2.47. The minimum Gasteiger partial charge on any atom is -0.368 e. The highest BCUT2D eigenvalue weighted by Gasteiger charge is 2.49. The molecule has 0 saturated carbocycles. The summed E-state index contributed by atoms with van der Waals surface area (Å²) in [5.74, 6) is -0.426. The second kappa shape index (κ2) is 10.7. The summed E-state index contributed by atoms with van der Waals surface area (Å²) < 4.78 is 67.4. The number of carbonyl (C=O) groups excluding carboxylic acids is 2. The number of urea groups is 1. The maximum atomic E-state index is 13.8. The fourth-order valence-corrected chi connectivity index (χ4v) is 6.65. The molecular weight excluding hydrogens is 557 g/mol. The molecule has 2 aliphatic heterocycles. The van der Waals surface area contributed by atoms with E-state index in [1.165, 1.54) is 0 Å². The largest absolute Gasteiger partial charge is 0.416 e. The van der Waals surface area contributed by atoms with Gasteiger partial charge in [0, 0.05) is 37.6 Å². The summed E-state index contributed by atoms with van der Waals surface area (Å²) in [7, 11) is -4.70. The van der Waals surface area contributed by atoms with Crippen LogP contribution in [0.2, 0.25) is 0 Å². The molecule has 3 aromatic rings. The molecule has 3 amide bonds. The third kappa shape index (κ3) is 5.48. The topological polar surface area (TPSA) is 81.2 Å². The maximum Gasteiger partial charge on any atom is 0.416 e. The molecule has 216 valence electrons. The number of aryl methyl sites for hydroxylation is 2. The van der Waals surface area contributed by atoms with Gasteiger partial charge < -0.3 is 9.80 Å². The smallest absolute Gasteiger partial charge is 0.368 e. The summed E-state index contributed by atoms with van der Waals surface area (Å²) in [6.07, 6.45) is -4.77. The van der Waals surface area contributed by atoms with Crippen LogP contribution in [0.15, 0.2) is 77.7 Å². The van der Waals surface area contributed by atoms with Crippen molar-refractivity contribution < 1.29 is 31.2 Å². The lowest BCUT2D eigenvalue weighted by Gasteiger charge is -2.38. The van der Waals surface area contributed by atoms with E-state index < -0.39 is 51.2 Å². The zero-order chi connectivity index (χ0) is 29.5. The molecule has 8 nitrogen and oxygen atoms in total. The molecule has 0 N–H and O–H groups in total. The van der Waals surface area contributed by atoms with Crippen molar-refractivity contribution in [3.63, 3.8) is 0 Å². The molecular formula is C29H29F3N4O4S. The molecule has 0 aliphatic carbocycles. The first-order valence-corrected chi connectivity index (χ1v) is 14.5. The number of nitrogens with zero attached hydrogens (tertiary/aromatic N) is 4. The number of rotatable bonds is 5. The average Bonchev–Trinajstić information content (AvgIpc) is 3.32. The van der Waals surface area contributed by atoms with Gasteiger partial charge in [0.1, 0.15) is 6.04 Å². The molecule has 1 atom stereocenters. The standard InChI is InChI=1S/C29H29F3N4O4S/c1-20-11-12-21(2)25(17-20)33-13-15-34(16-14-33)27(37)26-19-35(28(38)36(26)23-8-4-3-5-9-23)41(39,40)24-10-6-7-22(18-24)29(30,31)32/h3-12,17-18,26H,13-16,19H2,1-2H3. The second-order valence-corrected chi connectivity index (χ2v) is 12.0. The number of alkyl halides is 3. The van der Waals surface area contributed by atoms with Crippen LogP contribution in [0.3, 0.4) is 0 Å². The SMILES string of the molecule is Cc1ccc(C)c(N2CCN(C(=O)C3CN(S(=O)(=O)c4cccc(C(F)(F)F)c4)C(=O)N3c3ccccc3)CC2)c1. The first-order chi connectivity index (χ1) is 19.4. The number of piperazine rings is 1. The van der Waals surface area contributed by atoms with E-state index in [1.807, 2.05) is 26.0 Å². The van der Waals surface area contributed by atoms with Crippen molar-refractivity contribution in [2.24, 2.45) is 0 Å². The van der Waals surface area contributed by atoms with Gasteiger partial charge in [-0.2, -0.15) is 13.2 Å². The highest BCUT2D eigenvalue weighted by Crippen LogP contribution is 2.34. The molecule has 0 bridgehead atoms. The van der Waals surface area contributed by atoms with Gasteiger partial charge in [-0.25, -0.2) is 17.5 Å². The Hall–Kier alpha value is -4.06. The molecule has 2 fully saturated rings. The average molecular weight is 587 g/mol. The van der Waals surface area contributed by atoms with Crippen molar-refractivity contribution in [3.8, 4) is 0 Å². The Kier molecular flexibility index (Phi) is 7.45. The molecule has 5 rings (SSSR count). The predicted octanol–water partition coefficient (Wildman–Crippen LogP) is 4.67. The van der Waals surface area contributed by atoms with Crippen LogP contribution in [0.1, 0.15) is 16.7 Å². The van der Waals surface area contributed by atoms with Gasteiger partial charge >= 0.3 is 12.2 Å². The Morgan fingerprint density at radius 1 is 0.878 bits per heavy atom. The summed E-state index contributed by atoms with van der Waals surface area (Å²) in [6.45, 7) is 5.33. The van der Waals surface area contributed by atoms with Gasteiger partial charge in [0.15, 0.2) is 0 Å². The Labute approximate surface area is 236 Å². The van der Waals surface area contributed by atoms with Crippen LogP contribution in [0.25, 0.3) is 0 Å². The molecule has 41 heavy (non-hydrogen) atoms. The van der Waals surface area contributed by atoms with Gasteiger partial charge in [0.2, 0.25) is 5.91 Å². The number of sulfonamides is 1. The maximum absolute atomic E-state index is 13.8. The van der Waals surface area contributed by atoms with E-state index in [-0.39, 0.29) is 0 Å². The molecule has 1 unspecified atom stereocenters. The Morgan fingerprint density at radius 3 is 2.22 bits per heavy atom. The van der Waals surface area contributed by atoms with Crippen LogP contribution in [0, 0.1) is 13.8 Å². The number of halogens is 3. The summed E-state index contributed by atoms with van der Waals surface area (Å²) in [4.78, 5) is 31.6. The zero-order valence-electron chi connectivity index (χ0n) is 22.5. The first-order valence-electron chi connectivity index (χ1n) is 13.1. The monoisotopic (exact) mass is 586 g/mol. The van der Waals surface area contributed by atoms with Crippen LogP contribution in [-0.4, -0.2) is 68.3 Å². The molecule has 0 aromatic heterocycles. The fourth-order valence-electron chi connectivity index (χ4n) is 5.24. The van der Waals surface area contributed by atoms with E-state index in [2.05, 4.69) is 11.0 Å². The van der Waals surface area contributed by atoms with Gasteiger partial charge in [0.05, 0.1) is 17.0 Å². The lowest BCUT2D eigenvalue weighted by atomic mass is 10.1.